The van der Waals surface area contributed by atoms with E-state index in [1.807, 2.05) is 0 Å². The van der Waals surface area contributed by atoms with Gasteiger partial charge in [0.2, 0.25) is 5.91 Å². The number of nitrogens with one attached hydrogen (secondary N) is 1. The molecule has 1 aliphatic heterocycles. The van der Waals surface area contributed by atoms with Gasteiger partial charge in [0.25, 0.3) is 0 Å². The summed E-state index contributed by atoms with van der Waals surface area (Å²) in [6.45, 7) is 2.33. The molecular formula is C14H16F3N5O. The summed E-state index contributed by atoms with van der Waals surface area (Å²) in [6, 6.07) is 3.63. The van der Waals surface area contributed by atoms with Crippen LogP contribution in [0, 0.1) is 11.3 Å². The van der Waals surface area contributed by atoms with E-state index >= 15 is 0 Å². The smallest absolute Gasteiger partial charge is 0.349 e. The minimum atomic E-state index is -4.61. The number of hydrogen-bond donors (Lipinski definition) is 1. The fourth-order valence-electron chi connectivity index (χ4n) is 2.28. The molecule has 0 radical (unpaired) electrons. The minimum absolute atomic E-state index is 0.00592. The van der Waals surface area contributed by atoms with Crippen LogP contribution < -0.4 is 10.2 Å². The van der Waals surface area contributed by atoms with Gasteiger partial charge in [0.15, 0.2) is 0 Å². The number of nitriles is 1. The Kier molecular flexibility index (Phi) is 5.05. The van der Waals surface area contributed by atoms with Crippen molar-refractivity contribution in [1.29, 1.82) is 5.26 Å². The second-order valence-corrected chi connectivity index (χ2v) is 5.16. The second-order valence-electron chi connectivity index (χ2n) is 5.16. The van der Waals surface area contributed by atoms with E-state index in [1.165, 1.54) is 11.9 Å². The Morgan fingerprint density at radius 2 is 2.09 bits per heavy atom. The summed E-state index contributed by atoms with van der Waals surface area (Å²) < 4.78 is 38.3. The Balaban J connectivity index is 2.18. The second kappa shape index (κ2) is 6.83. The molecule has 1 saturated heterocycles. The molecule has 9 heteroatoms. The molecule has 2 heterocycles. The van der Waals surface area contributed by atoms with Gasteiger partial charge in [-0.05, 0) is 12.1 Å². The number of carbonyl (C=O) groups is 1. The van der Waals surface area contributed by atoms with Crippen molar-refractivity contribution in [2.75, 3.05) is 44.7 Å². The number of halogens is 3. The van der Waals surface area contributed by atoms with Crippen molar-refractivity contribution in [2.45, 2.75) is 6.18 Å². The van der Waals surface area contributed by atoms with Crippen LogP contribution in [0.4, 0.5) is 19.0 Å². The molecule has 1 N–H and O–H groups in total. The molecule has 0 spiro atoms. The van der Waals surface area contributed by atoms with Gasteiger partial charge in [-0.25, -0.2) is 4.98 Å². The van der Waals surface area contributed by atoms with E-state index in [0.717, 1.165) is 12.1 Å². The summed E-state index contributed by atoms with van der Waals surface area (Å²) in [5.41, 5.74) is -1.10. The third kappa shape index (κ3) is 4.10. The fraction of sp³-hybridized carbons (Fsp3) is 0.500. The molecule has 1 aliphatic rings. The number of hydrogen-bond acceptors (Lipinski definition) is 5. The molecule has 23 heavy (non-hydrogen) atoms. The molecule has 1 fully saturated rings. The number of rotatable bonds is 3. The number of pyridine rings is 1. The van der Waals surface area contributed by atoms with Gasteiger partial charge >= 0.3 is 6.18 Å². The van der Waals surface area contributed by atoms with Gasteiger partial charge in [0, 0.05) is 33.2 Å². The first-order valence-corrected chi connectivity index (χ1v) is 7.01. The van der Waals surface area contributed by atoms with Crippen LogP contribution in [0.3, 0.4) is 0 Å². The van der Waals surface area contributed by atoms with E-state index in [0.29, 0.717) is 26.2 Å². The lowest BCUT2D eigenvalue weighted by molar-refractivity contribution is -0.141. The van der Waals surface area contributed by atoms with Crippen molar-refractivity contribution in [1.82, 2.24) is 15.2 Å². The van der Waals surface area contributed by atoms with Crippen molar-refractivity contribution in [3.63, 3.8) is 0 Å². The van der Waals surface area contributed by atoms with E-state index in [-0.39, 0.29) is 23.8 Å². The maximum absolute atomic E-state index is 12.8. The normalized spacial score (nSPS) is 15.2. The number of likely N-dealkylation sites (N-methyl/N-ethyl adjacent to an activating group) is 1. The van der Waals surface area contributed by atoms with Gasteiger partial charge in [0.1, 0.15) is 17.6 Å². The maximum Gasteiger partial charge on any atom is 0.433 e. The van der Waals surface area contributed by atoms with Crippen LogP contribution >= 0.6 is 0 Å². The zero-order chi connectivity index (χ0) is 17.0. The van der Waals surface area contributed by atoms with Gasteiger partial charge in [-0.2, -0.15) is 18.4 Å². The van der Waals surface area contributed by atoms with Gasteiger partial charge in [-0.3, -0.25) is 4.79 Å². The highest BCUT2D eigenvalue weighted by Gasteiger charge is 2.33. The predicted octanol–water partition coefficient (Wildman–Crippen LogP) is 0.840. The van der Waals surface area contributed by atoms with Gasteiger partial charge in [0.05, 0.1) is 12.1 Å². The third-order valence-corrected chi connectivity index (χ3v) is 3.49. The zero-order valence-electron chi connectivity index (χ0n) is 12.5. The molecule has 0 unspecified atom stereocenters. The molecule has 0 saturated carbocycles. The lowest BCUT2D eigenvalue weighted by Crippen LogP contribution is -2.49. The first-order chi connectivity index (χ1) is 10.8. The molecule has 1 aromatic heterocycles. The number of piperazine rings is 1. The summed E-state index contributed by atoms with van der Waals surface area (Å²) in [4.78, 5) is 18.6. The van der Waals surface area contributed by atoms with Crippen LogP contribution in [0.25, 0.3) is 0 Å². The zero-order valence-corrected chi connectivity index (χ0v) is 12.5. The molecule has 124 valence electrons. The van der Waals surface area contributed by atoms with Crippen molar-refractivity contribution in [3.05, 3.63) is 23.4 Å². The van der Waals surface area contributed by atoms with Gasteiger partial charge in [-0.1, -0.05) is 0 Å². The molecule has 0 atom stereocenters. The van der Waals surface area contributed by atoms with Crippen LogP contribution in [0.1, 0.15) is 11.3 Å². The Bertz CT molecular complexity index is 620. The number of carbonyl (C=O) groups excluding carboxylic acids is 1. The number of aromatic nitrogens is 1. The summed E-state index contributed by atoms with van der Waals surface area (Å²) in [5, 5.41) is 12.2. The minimum Gasteiger partial charge on any atom is -0.349 e. The van der Waals surface area contributed by atoms with Crippen LogP contribution in [0.15, 0.2) is 12.1 Å². The van der Waals surface area contributed by atoms with Crippen molar-refractivity contribution >= 4 is 11.7 Å². The quantitative estimate of drug-likeness (QED) is 0.891. The molecule has 1 amide bonds. The van der Waals surface area contributed by atoms with Gasteiger partial charge < -0.3 is 15.1 Å². The van der Waals surface area contributed by atoms with Crippen LogP contribution in [0.2, 0.25) is 0 Å². The summed E-state index contributed by atoms with van der Waals surface area (Å²) >= 11 is 0. The highest BCUT2D eigenvalue weighted by molar-refractivity contribution is 5.81. The van der Waals surface area contributed by atoms with E-state index in [4.69, 9.17) is 5.26 Å². The fourth-order valence-corrected chi connectivity index (χ4v) is 2.28. The first-order valence-electron chi connectivity index (χ1n) is 7.01. The van der Waals surface area contributed by atoms with Gasteiger partial charge in [-0.15, -0.1) is 0 Å². The Morgan fingerprint density at radius 1 is 1.43 bits per heavy atom. The number of nitrogens with zero attached hydrogens (tertiary/aromatic N) is 4. The number of alkyl halides is 3. The molecule has 0 bridgehead atoms. The van der Waals surface area contributed by atoms with E-state index in [2.05, 4.69) is 10.3 Å². The van der Waals surface area contributed by atoms with Crippen LogP contribution in [-0.2, 0) is 11.0 Å². The topological polar surface area (TPSA) is 72.3 Å². The van der Waals surface area contributed by atoms with E-state index < -0.39 is 11.9 Å². The highest BCUT2D eigenvalue weighted by Crippen LogP contribution is 2.30. The average Bonchev–Trinajstić information content (AvgIpc) is 2.54. The lowest BCUT2D eigenvalue weighted by atomic mass is 10.2. The molecular weight excluding hydrogens is 311 g/mol. The molecule has 0 aromatic carbocycles. The highest BCUT2D eigenvalue weighted by atomic mass is 19.4. The summed E-state index contributed by atoms with van der Waals surface area (Å²) in [6.07, 6.45) is -4.61. The Labute approximate surface area is 131 Å². The monoisotopic (exact) mass is 327 g/mol. The van der Waals surface area contributed by atoms with Crippen molar-refractivity contribution in [3.8, 4) is 6.07 Å². The molecule has 1 aromatic rings. The lowest BCUT2D eigenvalue weighted by Gasteiger charge is -2.29. The molecule has 0 aliphatic carbocycles. The van der Waals surface area contributed by atoms with E-state index in [9.17, 15) is 18.0 Å². The van der Waals surface area contributed by atoms with Crippen LogP contribution in [-0.4, -0.2) is 55.6 Å². The number of amides is 1. The van der Waals surface area contributed by atoms with E-state index in [1.54, 1.807) is 11.0 Å². The Morgan fingerprint density at radius 3 is 2.65 bits per heavy atom. The molecule has 6 nitrogen and oxygen atoms in total. The van der Waals surface area contributed by atoms with Crippen molar-refractivity contribution in [2.24, 2.45) is 0 Å². The maximum atomic E-state index is 12.8. The Hall–Kier alpha value is -2.34. The largest absolute Gasteiger partial charge is 0.433 e. The third-order valence-electron chi connectivity index (χ3n) is 3.49. The number of anilines is 1. The summed E-state index contributed by atoms with van der Waals surface area (Å²) in [7, 11) is 1.45. The SMILES string of the molecule is CN(CC(=O)N1CCNCC1)c1nc(C(F)(F)F)ccc1C#N. The van der Waals surface area contributed by atoms with Crippen LogP contribution in [0.5, 0.6) is 0 Å². The van der Waals surface area contributed by atoms with Crippen molar-refractivity contribution < 1.29 is 18.0 Å². The predicted molar refractivity (Wildman–Crippen MR) is 76.7 cm³/mol. The first kappa shape index (κ1) is 17.0. The standard InChI is InChI=1S/C14H16F3N5O/c1-21(9-12(23)22-6-4-19-5-7-22)13-10(8-18)2-3-11(20-13)14(15,16)17/h2-3,19H,4-7,9H2,1H3. The molecule has 2 rings (SSSR count). The average molecular weight is 327 g/mol. The summed E-state index contributed by atoms with van der Waals surface area (Å²) in [5.74, 6) is -0.358.